The van der Waals surface area contributed by atoms with E-state index in [1.54, 1.807) is 0 Å². The van der Waals surface area contributed by atoms with Gasteiger partial charge >= 0.3 is 0 Å². The summed E-state index contributed by atoms with van der Waals surface area (Å²) in [4.78, 5) is 11.6. The Morgan fingerprint density at radius 2 is 1.64 bits per heavy atom. The number of carbonyl (C=O) groups excluding carboxylic acids is 1. The van der Waals surface area contributed by atoms with Crippen LogP contribution in [0.5, 0.6) is 11.5 Å². The van der Waals surface area contributed by atoms with E-state index in [0.717, 1.165) is 6.42 Å². The molecule has 33 heavy (non-hydrogen) atoms. The molecule has 4 rings (SSSR count). The maximum atomic E-state index is 11.6. The first-order chi connectivity index (χ1) is 15.8. The molecule has 0 unspecified atom stereocenters. The van der Waals surface area contributed by atoms with Gasteiger partial charge in [0.2, 0.25) is 0 Å². The second kappa shape index (κ2) is 9.65. The van der Waals surface area contributed by atoms with Crippen molar-refractivity contribution < 1.29 is 19.7 Å². The highest BCUT2D eigenvalue weighted by molar-refractivity contribution is 5.96. The Labute approximate surface area is 194 Å². The van der Waals surface area contributed by atoms with Crippen LogP contribution in [0.4, 0.5) is 5.69 Å². The number of anilines is 1. The third-order valence-electron chi connectivity index (χ3n) is 5.98. The number of ether oxygens (including phenoxy) is 1. The van der Waals surface area contributed by atoms with Gasteiger partial charge in [-0.1, -0.05) is 60.7 Å². The van der Waals surface area contributed by atoms with Gasteiger partial charge in [-0.05, 0) is 37.5 Å². The van der Waals surface area contributed by atoms with Crippen LogP contribution in [0, 0.1) is 0 Å². The maximum absolute atomic E-state index is 11.6. The van der Waals surface area contributed by atoms with Gasteiger partial charge in [0.15, 0.2) is 6.61 Å². The topological polar surface area (TPSA) is 90.8 Å². The molecule has 1 aliphatic rings. The Kier molecular flexibility index (Phi) is 6.67. The van der Waals surface area contributed by atoms with Gasteiger partial charge in [-0.15, -0.1) is 0 Å². The van der Waals surface area contributed by atoms with Gasteiger partial charge in [0.1, 0.15) is 11.5 Å². The second-order valence-corrected chi connectivity index (χ2v) is 9.11. The van der Waals surface area contributed by atoms with E-state index < -0.39 is 6.10 Å². The number of aliphatic hydroxyl groups excluding tert-OH is 1. The number of carbonyl (C=O) groups is 1. The first kappa shape index (κ1) is 22.8. The molecule has 6 nitrogen and oxygen atoms in total. The lowest BCUT2D eigenvalue weighted by atomic mass is 9.81. The van der Waals surface area contributed by atoms with Crippen molar-refractivity contribution in [2.24, 2.45) is 0 Å². The van der Waals surface area contributed by atoms with Crippen LogP contribution in [0.2, 0.25) is 0 Å². The lowest BCUT2D eigenvalue weighted by Gasteiger charge is -2.33. The molecule has 1 amide bonds. The van der Waals surface area contributed by atoms with Crippen LogP contribution in [-0.2, 0) is 4.79 Å². The van der Waals surface area contributed by atoms with Crippen molar-refractivity contribution in [2.45, 2.75) is 37.8 Å². The van der Waals surface area contributed by atoms with E-state index in [1.165, 1.54) is 23.3 Å². The van der Waals surface area contributed by atoms with E-state index in [4.69, 9.17) is 4.74 Å². The van der Waals surface area contributed by atoms with Crippen molar-refractivity contribution in [2.75, 3.05) is 18.5 Å². The average Bonchev–Trinajstić information content (AvgIpc) is 2.81. The molecule has 4 N–H and O–H groups in total. The molecule has 0 bridgehead atoms. The number of amides is 1. The largest absolute Gasteiger partial charge is 0.508 e. The normalized spacial score (nSPS) is 14.4. The van der Waals surface area contributed by atoms with Crippen molar-refractivity contribution in [3.05, 3.63) is 89.5 Å². The van der Waals surface area contributed by atoms with E-state index >= 15 is 0 Å². The summed E-state index contributed by atoms with van der Waals surface area (Å²) < 4.78 is 5.54. The predicted molar refractivity (Wildman–Crippen MR) is 129 cm³/mol. The molecule has 0 fully saturated rings. The number of aromatic hydroxyl groups is 1. The minimum atomic E-state index is -0.924. The minimum absolute atomic E-state index is 0.0407. The maximum Gasteiger partial charge on any atom is 0.262 e. The summed E-state index contributed by atoms with van der Waals surface area (Å²) in [7, 11) is 0. The SMILES string of the molecule is CC(C)(CC(c1ccccc1)c1ccccc1)NC[C@H](O)c1cc(O)cc2c1OCC(=O)N2. The molecule has 0 radical (unpaired) electrons. The molecule has 0 aliphatic carbocycles. The molecule has 0 spiro atoms. The van der Waals surface area contributed by atoms with Gasteiger partial charge in [0.05, 0.1) is 11.8 Å². The number of rotatable bonds is 8. The van der Waals surface area contributed by atoms with Crippen LogP contribution in [-0.4, -0.2) is 34.8 Å². The predicted octanol–water partition coefficient (Wildman–Crippen LogP) is 4.35. The first-order valence-electron chi connectivity index (χ1n) is 11.1. The first-order valence-corrected chi connectivity index (χ1v) is 11.1. The zero-order chi connectivity index (χ0) is 23.4. The van der Waals surface area contributed by atoms with Crippen LogP contribution in [0.3, 0.4) is 0 Å². The zero-order valence-corrected chi connectivity index (χ0v) is 18.9. The summed E-state index contributed by atoms with van der Waals surface area (Å²) in [5, 5.41) is 27.2. The van der Waals surface area contributed by atoms with Crippen molar-refractivity contribution in [3.8, 4) is 11.5 Å². The molecular weight excluding hydrogens is 416 g/mol. The van der Waals surface area contributed by atoms with Gasteiger partial charge in [0, 0.05) is 29.6 Å². The smallest absolute Gasteiger partial charge is 0.262 e. The Morgan fingerprint density at radius 1 is 1.03 bits per heavy atom. The molecule has 1 atom stereocenters. The fraction of sp³-hybridized carbons (Fsp3) is 0.296. The number of β-amino-alcohol motifs (C(OH)–C–C–N with tert-alkyl or cyclic N) is 1. The summed E-state index contributed by atoms with van der Waals surface area (Å²) in [6.07, 6.45) is -0.106. The van der Waals surface area contributed by atoms with Crippen LogP contribution >= 0.6 is 0 Å². The number of hydrogen-bond donors (Lipinski definition) is 4. The van der Waals surface area contributed by atoms with Gasteiger partial charge in [-0.3, -0.25) is 4.79 Å². The second-order valence-electron chi connectivity index (χ2n) is 9.11. The fourth-order valence-electron chi connectivity index (χ4n) is 4.33. The number of hydrogen-bond acceptors (Lipinski definition) is 5. The lowest BCUT2D eigenvalue weighted by molar-refractivity contribution is -0.118. The average molecular weight is 447 g/mol. The van der Waals surface area contributed by atoms with Crippen molar-refractivity contribution in [1.82, 2.24) is 5.32 Å². The summed E-state index contributed by atoms with van der Waals surface area (Å²) in [6, 6.07) is 23.7. The van der Waals surface area contributed by atoms with Crippen LogP contribution in [0.25, 0.3) is 0 Å². The molecule has 3 aromatic rings. The number of phenols is 1. The quantitative estimate of drug-likeness (QED) is 0.413. The number of nitrogens with one attached hydrogen (secondary N) is 2. The lowest BCUT2D eigenvalue weighted by Crippen LogP contribution is -2.43. The van der Waals surface area contributed by atoms with E-state index in [0.29, 0.717) is 17.0 Å². The third kappa shape index (κ3) is 5.53. The third-order valence-corrected chi connectivity index (χ3v) is 5.98. The van der Waals surface area contributed by atoms with Gasteiger partial charge in [-0.2, -0.15) is 0 Å². The molecule has 0 aromatic heterocycles. The van der Waals surface area contributed by atoms with E-state index in [-0.39, 0.29) is 36.3 Å². The van der Waals surface area contributed by atoms with Gasteiger partial charge < -0.3 is 25.6 Å². The standard InChI is InChI=1S/C27H30N2O4/c1-27(2,15-22(18-9-5-3-6-10-18)19-11-7-4-8-12-19)28-16-24(31)21-13-20(30)14-23-26(21)33-17-25(32)29-23/h3-14,22,24,28,30-31H,15-17H2,1-2H3,(H,29,32)/t24-/m0/s1. The van der Waals surface area contributed by atoms with E-state index in [1.807, 2.05) is 12.1 Å². The van der Waals surface area contributed by atoms with Crippen molar-refractivity contribution in [1.29, 1.82) is 0 Å². The zero-order valence-electron chi connectivity index (χ0n) is 18.9. The number of aliphatic hydroxyl groups is 1. The molecule has 172 valence electrons. The van der Waals surface area contributed by atoms with Crippen LogP contribution in [0.1, 0.15) is 49.0 Å². The van der Waals surface area contributed by atoms with Crippen molar-refractivity contribution >= 4 is 11.6 Å². The molecule has 0 saturated heterocycles. The number of fused-ring (bicyclic) bond motifs is 1. The summed E-state index contributed by atoms with van der Waals surface area (Å²) in [5.74, 6) is 0.256. The summed E-state index contributed by atoms with van der Waals surface area (Å²) in [5.41, 5.74) is 2.99. The summed E-state index contributed by atoms with van der Waals surface area (Å²) in [6.45, 7) is 4.38. The van der Waals surface area contributed by atoms with Crippen molar-refractivity contribution in [3.63, 3.8) is 0 Å². The molecule has 6 heteroatoms. The molecular formula is C27H30N2O4. The molecule has 3 aromatic carbocycles. The van der Waals surface area contributed by atoms with E-state index in [9.17, 15) is 15.0 Å². The van der Waals surface area contributed by atoms with Gasteiger partial charge in [0.25, 0.3) is 5.91 Å². The molecule has 0 saturated carbocycles. The monoisotopic (exact) mass is 446 g/mol. The number of benzene rings is 3. The number of phenolic OH excluding ortho intramolecular Hbond substituents is 1. The minimum Gasteiger partial charge on any atom is -0.508 e. The Hall–Kier alpha value is -3.35. The van der Waals surface area contributed by atoms with Gasteiger partial charge in [-0.25, -0.2) is 0 Å². The highest BCUT2D eigenvalue weighted by Crippen LogP contribution is 2.39. The Balaban J connectivity index is 1.50. The van der Waals surface area contributed by atoms with Crippen LogP contribution in [0.15, 0.2) is 72.8 Å². The van der Waals surface area contributed by atoms with Crippen LogP contribution < -0.4 is 15.4 Å². The summed E-state index contributed by atoms with van der Waals surface area (Å²) >= 11 is 0. The molecule has 1 aliphatic heterocycles. The van der Waals surface area contributed by atoms with E-state index in [2.05, 4.69) is 73.0 Å². The highest BCUT2D eigenvalue weighted by atomic mass is 16.5. The Morgan fingerprint density at radius 3 is 2.24 bits per heavy atom. The highest BCUT2D eigenvalue weighted by Gasteiger charge is 2.28. The Bertz CT molecular complexity index is 1060. The fourth-order valence-corrected chi connectivity index (χ4v) is 4.33. The molecule has 1 heterocycles.